The number of hydrogen-bond donors (Lipinski definition) is 1. The average Bonchev–Trinajstić information content (AvgIpc) is 2.27. The fourth-order valence-corrected chi connectivity index (χ4v) is 3.13. The predicted molar refractivity (Wildman–Crippen MR) is 76.3 cm³/mol. The molecular weight excluding hydrogens is 208 g/mol. The molecule has 0 bridgehead atoms. The lowest BCUT2D eigenvalue weighted by atomic mass is 9.92. The molecule has 1 heterocycles. The van der Waals surface area contributed by atoms with Gasteiger partial charge >= 0.3 is 0 Å². The van der Waals surface area contributed by atoms with Gasteiger partial charge < -0.3 is 10.2 Å². The van der Waals surface area contributed by atoms with Crippen LogP contribution in [0.5, 0.6) is 0 Å². The van der Waals surface area contributed by atoms with E-state index in [9.17, 15) is 0 Å². The molecule has 1 aliphatic rings. The minimum absolute atomic E-state index is 0.846. The van der Waals surface area contributed by atoms with E-state index in [1.165, 1.54) is 51.9 Å². The van der Waals surface area contributed by atoms with Crippen molar-refractivity contribution >= 4 is 0 Å². The van der Waals surface area contributed by atoms with Crippen LogP contribution >= 0.6 is 0 Å². The first-order chi connectivity index (χ1) is 8.11. The Morgan fingerprint density at radius 1 is 1.18 bits per heavy atom. The van der Waals surface area contributed by atoms with E-state index in [1.807, 2.05) is 0 Å². The van der Waals surface area contributed by atoms with Crippen molar-refractivity contribution in [3.63, 3.8) is 0 Å². The molecule has 0 aliphatic carbocycles. The van der Waals surface area contributed by atoms with Crippen LogP contribution in [0.2, 0.25) is 0 Å². The summed E-state index contributed by atoms with van der Waals surface area (Å²) in [6, 6.07) is 0. The molecule has 1 rings (SSSR count). The molecule has 0 radical (unpaired) electrons. The van der Waals surface area contributed by atoms with E-state index in [-0.39, 0.29) is 0 Å². The summed E-state index contributed by atoms with van der Waals surface area (Å²) in [4.78, 5) is 2.68. The van der Waals surface area contributed by atoms with Gasteiger partial charge in [0.2, 0.25) is 0 Å². The summed E-state index contributed by atoms with van der Waals surface area (Å²) in [6.07, 6.45) is 5.57. The van der Waals surface area contributed by atoms with Gasteiger partial charge in [-0.3, -0.25) is 0 Å². The van der Waals surface area contributed by atoms with Gasteiger partial charge in [-0.15, -0.1) is 0 Å². The standard InChI is InChI=1S/C15H32N2/c1-13(2)11-14(3)12-17-9-6-15(7-10-17)5-8-16-4/h13-16H,5-12H2,1-4H3. The summed E-state index contributed by atoms with van der Waals surface area (Å²) in [6.45, 7) is 12.2. The Morgan fingerprint density at radius 3 is 2.35 bits per heavy atom. The summed E-state index contributed by atoms with van der Waals surface area (Å²) in [7, 11) is 2.06. The molecule has 1 saturated heterocycles. The highest BCUT2D eigenvalue weighted by Gasteiger charge is 2.20. The third kappa shape index (κ3) is 6.42. The molecule has 0 aromatic carbocycles. The Balaban J connectivity index is 2.14. The van der Waals surface area contributed by atoms with E-state index >= 15 is 0 Å². The van der Waals surface area contributed by atoms with E-state index in [0.717, 1.165) is 17.8 Å². The molecule has 17 heavy (non-hydrogen) atoms. The summed E-state index contributed by atoms with van der Waals surface area (Å²) >= 11 is 0. The lowest BCUT2D eigenvalue weighted by Crippen LogP contribution is -2.37. The molecule has 0 aromatic heterocycles. The van der Waals surface area contributed by atoms with Crippen LogP contribution in [0.25, 0.3) is 0 Å². The number of likely N-dealkylation sites (tertiary alicyclic amines) is 1. The molecule has 1 unspecified atom stereocenters. The normalized spacial score (nSPS) is 21.0. The third-order valence-electron chi connectivity index (χ3n) is 3.95. The van der Waals surface area contributed by atoms with Gasteiger partial charge in [0.25, 0.3) is 0 Å². The Bertz CT molecular complexity index is 183. The Kier molecular flexibility index (Phi) is 7.14. The molecule has 2 nitrogen and oxygen atoms in total. The number of piperidine rings is 1. The van der Waals surface area contributed by atoms with Crippen LogP contribution in [0.4, 0.5) is 0 Å². The Morgan fingerprint density at radius 2 is 1.82 bits per heavy atom. The fourth-order valence-electron chi connectivity index (χ4n) is 3.13. The predicted octanol–water partition coefficient (Wildman–Crippen LogP) is 2.99. The second-order valence-electron chi connectivity index (χ2n) is 6.37. The first-order valence-corrected chi connectivity index (χ1v) is 7.48. The quantitative estimate of drug-likeness (QED) is 0.736. The molecule has 2 heteroatoms. The molecule has 102 valence electrons. The van der Waals surface area contributed by atoms with E-state index in [2.05, 4.69) is 38.0 Å². The smallest absolute Gasteiger partial charge is 0.000712 e. The zero-order chi connectivity index (χ0) is 12.7. The van der Waals surface area contributed by atoms with Gasteiger partial charge in [0.05, 0.1) is 0 Å². The summed E-state index contributed by atoms with van der Waals surface area (Å²) in [5.74, 6) is 2.68. The number of hydrogen-bond acceptors (Lipinski definition) is 2. The van der Waals surface area contributed by atoms with Gasteiger partial charge in [-0.2, -0.15) is 0 Å². The van der Waals surface area contributed by atoms with Crippen molar-refractivity contribution < 1.29 is 0 Å². The highest BCUT2D eigenvalue weighted by molar-refractivity contribution is 4.74. The van der Waals surface area contributed by atoms with Crippen molar-refractivity contribution in [1.82, 2.24) is 10.2 Å². The molecule has 1 aliphatic heterocycles. The van der Waals surface area contributed by atoms with Gasteiger partial charge in [-0.1, -0.05) is 20.8 Å². The zero-order valence-electron chi connectivity index (χ0n) is 12.3. The first kappa shape index (κ1) is 15.0. The molecule has 1 atom stereocenters. The van der Waals surface area contributed by atoms with Crippen LogP contribution in [0.3, 0.4) is 0 Å². The summed E-state index contributed by atoms with van der Waals surface area (Å²) in [5, 5.41) is 3.27. The van der Waals surface area contributed by atoms with E-state index in [0.29, 0.717) is 0 Å². The molecule has 0 saturated carbocycles. The molecule has 0 spiro atoms. The number of rotatable bonds is 7. The summed E-state index contributed by atoms with van der Waals surface area (Å²) in [5.41, 5.74) is 0. The minimum Gasteiger partial charge on any atom is -0.320 e. The molecule has 1 fully saturated rings. The second kappa shape index (κ2) is 8.10. The molecule has 0 aromatic rings. The number of nitrogens with one attached hydrogen (secondary N) is 1. The highest BCUT2D eigenvalue weighted by Crippen LogP contribution is 2.22. The molecular formula is C15H32N2. The van der Waals surface area contributed by atoms with Crippen molar-refractivity contribution in [2.45, 2.75) is 46.5 Å². The van der Waals surface area contributed by atoms with Crippen LogP contribution in [0.1, 0.15) is 46.5 Å². The maximum absolute atomic E-state index is 3.27. The monoisotopic (exact) mass is 240 g/mol. The zero-order valence-corrected chi connectivity index (χ0v) is 12.3. The fraction of sp³-hybridized carbons (Fsp3) is 1.00. The maximum atomic E-state index is 3.27. The highest BCUT2D eigenvalue weighted by atomic mass is 15.1. The van der Waals surface area contributed by atoms with Crippen LogP contribution in [-0.4, -0.2) is 38.1 Å². The Hall–Kier alpha value is -0.0800. The average molecular weight is 240 g/mol. The maximum Gasteiger partial charge on any atom is 0.000712 e. The third-order valence-corrected chi connectivity index (χ3v) is 3.95. The van der Waals surface area contributed by atoms with Gasteiger partial charge in [-0.25, -0.2) is 0 Å². The summed E-state index contributed by atoms with van der Waals surface area (Å²) < 4.78 is 0. The van der Waals surface area contributed by atoms with Crippen molar-refractivity contribution in [3.8, 4) is 0 Å². The van der Waals surface area contributed by atoms with Gasteiger partial charge in [-0.05, 0) is 70.1 Å². The Labute approximate surface area is 108 Å². The minimum atomic E-state index is 0.846. The largest absolute Gasteiger partial charge is 0.320 e. The van der Waals surface area contributed by atoms with Crippen molar-refractivity contribution in [1.29, 1.82) is 0 Å². The van der Waals surface area contributed by atoms with Gasteiger partial charge in [0, 0.05) is 6.54 Å². The van der Waals surface area contributed by atoms with Crippen LogP contribution < -0.4 is 5.32 Å². The van der Waals surface area contributed by atoms with Crippen molar-refractivity contribution in [2.24, 2.45) is 17.8 Å². The van der Waals surface area contributed by atoms with E-state index in [4.69, 9.17) is 0 Å². The van der Waals surface area contributed by atoms with Crippen LogP contribution in [0.15, 0.2) is 0 Å². The lowest BCUT2D eigenvalue weighted by Gasteiger charge is -2.34. The van der Waals surface area contributed by atoms with Crippen LogP contribution in [-0.2, 0) is 0 Å². The van der Waals surface area contributed by atoms with E-state index < -0.39 is 0 Å². The molecule has 0 amide bonds. The van der Waals surface area contributed by atoms with Crippen molar-refractivity contribution in [2.75, 3.05) is 33.2 Å². The lowest BCUT2D eigenvalue weighted by molar-refractivity contribution is 0.154. The first-order valence-electron chi connectivity index (χ1n) is 7.48. The second-order valence-corrected chi connectivity index (χ2v) is 6.37. The number of nitrogens with zero attached hydrogens (tertiary/aromatic N) is 1. The molecule has 1 N–H and O–H groups in total. The SMILES string of the molecule is CNCCC1CCN(CC(C)CC(C)C)CC1. The van der Waals surface area contributed by atoms with Gasteiger partial charge in [0.15, 0.2) is 0 Å². The van der Waals surface area contributed by atoms with Crippen molar-refractivity contribution in [3.05, 3.63) is 0 Å². The van der Waals surface area contributed by atoms with Gasteiger partial charge in [0.1, 0.15) is 0 Å². The van der Waals surface area contributed by atoms with E-state index in [1.54, 1.807) is 0 Å². The van der Waals surface area contributed by atoms with Crippen LogP contribution in [0, 0.1) is 17.8 Å². The topological polar surface area (TPSA) is 15.3 Å².